The van der Waals surface area contributed by atoms with Gasteiger partial charge in [-0.1, -0.05) is 79.6 Å². The van der Waals surface area contributed by atoms with Gasteiger partial charge < -0.3 is 19.7 Å². The average Bonchev–Trinajstić information content (AvgIpc) is 2.95. The number of carbonyl (C=O) groups excluding carboxylic acids is 2. The van der Waals surface area contributed by atoms with Gasteiger partial charge in [0.25, 0.3) is 0 Å². The van der Waals surface area contributed by atoms with E-state index in [1.807, 2.05) is 87.5 Å². The second kappa shape index (κ2) is 16.3. The second-order valence-electron chi connectivity index (χ2n) is 10.0. The summed E-state index contributed by atoms with van der Waals surface area (Å²) in [7, 11) is 0. The van der Waals surface area contributed by atoms with Crippen LogP contribution >= 0.6 is 0 Å². The highest BCUT2D eigenvalue weighted by molar-refractivity contribution is 5.88. The van der Waals surface area contributed by atoms with Crippen LogP contribution in [0.1, 0.15) is 62.3 Å². The first-order valence-electron chi connectivity index (χ1n) is 14.5. The maximum Gasteiger partial charge on any atom is 0.243 e. The summed E-state index contributed by atoms with van der Waals surface area (Å²) in [5, 5.41) is 3.09. The molecule has 3 rings (SSSR count). The molecule has 2 amide bonds. The number of carbonyl (C=O) groups is 2. The summed E-state index contributed by atoms with van der Waals surface area (Å²) in [6, 6.07) is 23.3. The first kappa shape index (κ1) is 30.7. The van der Waals surface area contributed by atoms with Crippen molar-refractivity contribution < 1.29 is 19.1 Å². The van der Waals surface area contributed by atoms with Crippen LogP contribution in [0.2, 0.25) is 0 Å². The number of benzene rings is 3. The Morgan fingerprint density at radius 2 is 1.55 bits per heavy atom. The molecule has 1 atom stereocenters. The minimum Gasteiger partial charge on any atom is -0.490 e. The molecule has 214 valence electrons. The lowest BCUT2D eigenvalue weighted by Gasteiger charge is -2.32. The van der Waals surface area contributed by atoms with Crippen LogP contribution in [0.3, 0.4) is 0 Å². The SMILES string of the molecule is CCCCNC(=O)[C@H](Cc1ccccc1)N(Cc1cccc(C)c1)C(=O)CCc1ccc(OCC)c(OCC)c1. The van der Waals surface area contributed by atoms with Crippen molar-refractivity contribution in [1.82, 2.24) is 10.2 Å². The Hall–Kier alpha value is -3.80. The van der Waals surface area contributed by atoms with Crippen molar-refractivity contribution in [2.24, 2.45) is 0 Å². The van der Waals surface area contributed by atoms with Crippen LogP contribution in [-0.4, -0.2) is 42.5 Å². The third-order valence-corrected chi connectivity index (χ3v) is 6.77. The Morgan fingerprint density at radius 3 is 2.25 bits per heavy atom. The van der Waals surface area contributed by atoms with Crippen LogP contribution in [0.4, 0.5) is 0 Å². The molecule has 3 aromatic rings. The molecule has 0 aliphatic rings. The van der Waals surface area contributed by atoms with E-state index < -0.39 is 6.04 Å². The molecule has 3 aromatic carbocycles. The number of rotatable bonds is 16. The van der Waals surface area contributed by atoms with Crippen molar-refractivity contribution >= 4 is 11.8 Å². The van der Waals surface area contributed by atoms with Crippen LogP contribution in [-0.2, 0) is 29.0 Å². The number of aryl methyl sites for hydroxylation is 2. The van der Waals surface area contributed by atoms with E-state index in [0.717, 1.165) is 35.1 Å². The van der Waals surface area contributed by atoms with Crippen molar-refractivity contribution in [1.29, 1.82) is 0 Å². The van der Waals surface area contributed by atoms with E-state index in [1.165, 1.54) is 0 Å². The fourth-order valence-electron chi connectivity index (χ4n) is 4.71. The van der Waals surface area contributed by atoms with Crippen molar-refractivity contribution in [3.05, 3.63) is 95.1 Å². The van der Waals surface area contributed by atoms with Crippen molar-refractivity contribution in [3.8, 4) is 11.5 Å². The number of nitrogens with one attached hydrogen (secondary N) is 1. The average molecular weight is 545 g/mol. The van der Waals surface area contributed by atoms with Crippen molar-refractivity contribution in [3.63, 3.8) is 0 Å². The molecule has 0 heterocycles. The van der Waals surface area contributed by atoms with E-state index in [2.05, 4.69) is 18.3 Å². The van der Waals surface area contributed by atoms with Gasteiger partial charge >= 0.3 is 0 Å². The van der Waals surface area contributed by atoms with Gasteiger partial charge in [0.05, 0.1) is 13.2 Å². The number of hydrogen-bond donors (Lipinski definition) is 1. The summed E-state index contributed by atoms with van der Waals surface area (Å²) in [5.41, 5.74) is 4.14. The number of nitrogens with zero attached hydrogens (tertiary/aromatic N) is 1. The smallest absolute Gasteiger partial charge is 0.243 e. The maximum atomic E-state index is 13.9. The molecule has 0 spiro atoms. The van der Waals surface area contributed by atoms with Gasteiger partial charge in [-0.05, 0) is 62.4 Å². The number of hydrogen-bond acceptors (Lipinski definition) is 4. The zero-order chi connectivity index (χ0) is 28.7. The van der Waals surface area contributed by atoms with Gasteiger partial charge in [0.15, 0.2) is 11.5 Å². The molecule has 0 saturated carbocycles. The molecule has 0 bridgehead atoms. The van der Waals surface area contributed by atoms with Gasteiger partial charge in [-0.2, -0.15) is 0 Å². The molecule has 6 heteroatoms. The van der Waals surface area contributed by atoms with E-state index in [9.17, 15) is 9.59 Å². The van der Waals surface area contributed by atoms with Gasteiger partial charge in [-0.25, -0.2) is 0 Å². The monoisotopic (exact) mass is 544 g/mol. The normalized spacial score (nSPS) is 11.5. The molecule has 1 N–H and O–H groups in total. The Labute approximate surface area is 239 Å². The molecule has 40 heavy (non-hydrogen) atoms. The van der Waals surface area contributed by atoms with Crippen LogP contribution in [0.5, 0.6) is 11.5 Å². The lowest BCUT2D eigenvalue weighted by atomic mass is 10.0. The first-order valence-corrected chi connectivity index (χ1v) is 14.5. The lowest BCUT2D eigenvalue weighted by Crippen LogP contribution is -2.50. The summed E-state index contributed by atoms with van der Waals surface area (Å²) in [4.78, 5) is 29.3. The summed E-state index contributed by atoms with van der Waals surface area (Å²) in [5.74, 6) is 1.22. The van der Waals surface area contributed by atoms with Gasteiger partial charge in [-0.15, -0.1) is 0 Å². The molecule has 0 unspecified atom stereocenters. The Bertz CT molecular complexity index is 1210. The van der Waals surface area contributed by atoms with E-state index in [-0.39, 0.29) is 18.2 Å². The van der Waals surface area contributed by atoms with Crippen LogP contribution in [0, 0.1) is 6.92 Å². The second-order valence-corrected chi connectivity index (χ2v) is 10.0. The topological polar surface area (TPSA) is 67.9 Å². The highest BCUT2D eigenvalue weighted by Gasteiger charge is 2.30. The van der Waals surface area contributed by atoms with E-state index in [0.29, 0.717) is 50.6 Å². The number of ether oxygens (including phenoxy) is 2. The fourth-order valence-corrected chi connectivity index (χ4v) is 4.71. The zero-order valence-electron chi connectivity index (χ0n) is 24.4. The van der Waals surface area contributed by atoms with E-state index in [4.69, 9.17) is 9.47 Å². The molecule has 6 nitrogen and oxygen atoms in total. The Balaban J connectivity index is 1.88. The largest absolute Gasteiger partial charge is 0.490 e. The zero-order valence-corrected chi connectivity index (χ0v) is 24.4. The third kappa shape index (κ3) is 9.44. The van der Waals surface area contributed by atoms with Gasteiger partial charge in [0.1, 0.15) is 6.04 Å². The highest BCUT2D eigenvalue weighted by atomic mass is 16.5. The van der Waals surface area contributed by atoms with Crippen LogP contribution < -0.4 is 14.8 Å². The van der Waals surface area contributed by atoms with E-state index in [1.54, 1.807) is 4.90 Å². The van der Waals surface area contributed by atoms with Gasteiger partial charge in [0, 0.05) is 25.9 Å². The summed E-state index contributed by atoms with van der Waals surface area (Å²) in [6.07, 6.45) is 3.15. The Morgan fingerprint density at radius 1 is 0.825 bits per heavy atom. The quantitative estimate of drug-likeness (QED) is 0.216. The van der Waals surface area contributed by atoms with Gasteiger partial charge in [0.2, 0.25) is 11.8 Å². The number of unbranched alkanes of at least 4 members (excludes halogenated alkanes) is 1. The standard InChI is InChI=1S/C34H44N2O4/c1-5-8-21-35-34(38)30(23-27-14-10-9-11-15-27)36(25-29-16-12-13-26(4)22-29)33(37)20-18-28-17-19-31(39-6-2)32(24-28)40-7-3/h9-17,19,22,24,30H,5-8,18,20-21,23,25H2,1-4H3,(H,35,38)/t30-/m0/s1. The predicted octanol–water partition coefficient (Wildman–Crippen LogP) is 6.28. The molecule has 0 saturated heterocycles. The highest BCUT2D eigenvalue weighted by Crippen LogP contribution is 2.29. The lowest BCUT2D eigenvalue weighted by molar-refractivity contribution is -0.141. The molecule has 0 radical (unpaired) electrons. The number of amides is 2. The summed E-state index contributed by atoms with van der Waals surface area (Å²) in [6.45, 7) is 10.1. The first-order chi connectivity index (χ1) is 19.4. The van der Waals surface area contributed by atoms with Crippen molar-refractivity contribution in [2.45, 2.75) is 72.4 Å². The maximum absolute atomic E-state index is 13.9. The minimum atomic E-state index is -0.619. The third-order valence-electron chi connectivity index (χ3n) is 6.77. The van der Waals surface area contributed by atoms with Crippen molar-refractivity contribution in [2.75, 3.05) is 19.8 Å². The molecule has 0 aliphatic heterocycles. The molecular formula is C34H44N2O4. The van der Waals surface area contributed by atoms with Crippen LogP contribution in [0.25, 0.3) is 0 Å². The predicted molar refractivity (Wildman–Crippen MR) is 161 cm³/mol. The summed E-state index contributed by atoms with van der Waals surface area (Å²) < 4.78 is 11.5. The Kier molecular flexibility index (Phi) is 12.6. The minimum absolute atomic E-state index is 0.0556. The van der Waals surface area contributed by atoms with E-state index >= 15 is 0 Å². The fraction of sp³-hybridized carbons (Fsp3) is 0.412. The van der Waals surface area contributed by atoms with Gasteiger partial charge in [-0.3, -0.25) is 9.59 Å². The molecule has 0 fully saturated rings. The molecule has 0 aromatic heterocycles. The summed E-state index contributed by atoms with van der Waals surface area (Å²) >= 11 is 0. The molecule has 0 aliphatic carbocycles. The van der Waals surface area contributed by atoms with Crippen LogP contribution in [0.15, 0.2) is 72.8 Å². The molecular weight excluding hydrogens is 500 g/mol.